The highest BCUT2D eigenvalue weighted by Gasteiger charge is 2.53. The van der Waals surface area contributed by atoms with Crippen LogP contribution in [0.15, 0.2) is 47.7 Å². The van der Waals surface area contributed by atoms with Gasteiger partial charge in [-0.1, -0.05) is 12.1 Å². The molecular weight excluding hydrogens is 442 g/mol. The molecule has 3 rings (SSSR count). The van der Waals surface area contributed by atoms with E-state index in [1.807, 2.05) is 0 Å². The van der Waals surface area contributed by atoms with Crippen molar-refractivity contribution in [1.29, 1.82) is 0 Å². The Hall–Kier alpha value is -3.67. The third-order valence-corrected chi connectivity index (χ3v) is 6.04. The molecule has 0 bridgehead atoms. The lowest BCUT2D eigenvalue weighted by atomic mass is 10.0. The Bertz CT molecular complexity index is 1030. The Morgan fingerprint density at radius 3 is 2.62 bits per heavy atom. The normalized spacial score (nSPS) is 19.9. The number of rotatable bonds is 8. The predicted molar refractivity (Wildman–Crippen MR) is 112 cm³/mol. The van der Waals surface area contributed by atoms with Gasteiger partial charge in [-0.05, 0) is 24.1 Å². The molecular formula is C20H19N3O8S. The molecule has 1 aromatic rings. The number of carbonyl (C=O) groups is 4. The van der Waals surface area contributed by atoms with Gasteiger partial charge in [-0.15, -0.1) is 11.8 Å². The summed E-state index contributed by atoms with van der Waals surface area (Å²) in [6.45, 7) is 1.82. The minimum Gasteiger partial charge on any atom is -0.477 e. The van der Waals surface area contributed by atoms with Crippen molar-refractivity contribution in [3.63, 3.8) is 0 Å². The summed E-state index contributed by atoms with van der Waals surface area (Å²) in [7, 11) is 0. The molecule has 0 aromatic heterocycles. The van der Waals surface area contributed by atoms with Crippen LogP contribution in [-0.4, -0.2) is 62.5 Å². The van der Waals surface area contributed by atoms with Crippen LogP contribution in [0.4, 0.5) is 5.69 Å². The first kappa shape index (κ1) is 23.0. The average Bonchev–Trinajstić information content (AvgIpc) is 2.75. The average molecular weight is 461 g/mol. The SMILES string of the molecule is CCOC(=O)C=CC1=C(C(=O)O)N2C(=O)C(NC(=O)Cc3ccc([N+](=O)[O-])cc3)[C@@H]2SC1. The van der Waals surface area contributed by atoms with Crippen molar-refractivity contribution in [2.75, 3.05) is 12.4 Å². The number of nitrogens with one attached hydrogen (secondary N) is 1. The number of carboxylic acids is 1. The molecule has 1 unspecified atom stereocenters. The van der Waals surface area contributed by atoms with Crippen molar-refractivity contribution >= 4 is 41.2 Å². The van der Waals surface area contributed by atoms with Crippen molar-refractivity contribution in [2.24, 2.45) is 0 Å². The summed E-state index contributed by atoms with van der Waals surface area (Å²) in [5.74, 6) is -2.75. The number of amides is 2. The Labute approximate surface area is 186 Å². The number of fused-ring (bicyclic) bond motifs is 1. The van der Waals surface area contributed by atoms with Crippen molar-refractivity contribution in [1.82, 2.24) is 10.2 Å². The minimum absolute atomic E-state index is 0.0890. The van der Waals surface area contributed by atoms with E-state index in [4.69, 9.17) is 4.74 Å². The lowest BCUT2D eigenvalue weighted by molar-refractivity contribution is -0.384. The van der Waals surface area contributed by atoms with Gasteiger partial charge in [0.15, 0.2) is 0 Å². The number of benzene rings is 1. The third-order valence-electron chi connectivity index (χ3n) is 4.74. The van der Waals surface area contributed by atoms with E-state index in [1.165, 1.54) is 42.1 Å². The number of hydrogen-bond acceptors (Lipinski definition) is 8. The fraction of sp³-hybridized carbons (Fsp3) is 0.300. The largest absolute Gasteiger partial charge is 0.477 e. The lowest BCUT2D eigenvalue weighted by Crippen LogP contribution is -2.70. The van der Waals surface area contributed by atoms with E-state index in [0.29, 0.717) is 5.56 Å². The topological polar surface area (TPSA) is 156 Å². The van der Waals surface area contributed by atoms with E-state index in [2.05, 4.69) is 5.32 Å². The van der Waals surface area contributed by atoms with E-state index in [9.17, 15) is 34.4 Å². The fourth-order valence-electron chi connectivity index (χ4n) is 3.28. The second-order valence-electron chi connectivity index (χ2n) is 6.82. The maximum Gasteiger partial charge on any atom is 0.352 e. The number of aliphatic carboxylic acids is 1. The predicted octanol–water partition coefficient (Wildman–Crippen LogP) is 0.995. The van der Waals surface area contributed by atoms with Gasteiger partial charge >= 0.3 is 11.9 Å². The molecule has 2 aliphatic rings. The zero-order valence-corrected chi connectivity index (χ0v) is 17.7. The van der Waals surface area contributed by atoms with Crippen molar-refractivity contribution in [3.8, 4) is 0 Å². The summed E-state index contributed by atoms with van der Waals surface area (Å²) in [6, 6.07) is 4.58. The Morgan fingerprint density at radius 2 is 2.03 bits per heavy atom. The summed E-state index contributed by atoms with van der Waals surface area (Å²) in [5, 5.41) is 22.3. The van der Waals surface area contributed by atoms with Gasteiger partial charge in [0.25, 0.3) is 11.6 Å². The molecule has 2 heterocycles. The highest BCUT2D eigenvalue weighted by atomic mass is 32.2. The van der Waals surface area contributed by atoms with Crippen LogP contribution in [0.25, 0.3) is 0 Å². The van der Waals surface area contributed by atoms with E-state index < -0.39 is 40.1 Å². The Morgan fingerprint density at radius 1 is 1.34 bits per heavy atom. The smallest absolute Gasteiger partial charge is 0.352 e. The molecule has 32 heavy (non-hydrogen) atoms. The number of ether oxygens (including phenoxy) is 1. The molecule has 0 radical (unpaired) electrons. The maximum absolute atomic E-state index is 12.6. The summed E-state index contributed by atoms with van der Waals surface area (Å²) < 4.78 is 4.78. The number of nitro benzene ring substituents is 1. The quantitative estimate of drug-likeness (QED) is 0.189. The number of nitrogens with zero attached hydrogens (tertiary/aromatic N) is 2. The molecule has 168 valence electrons. The van der Waals surface area contributed by atoms with Gasteiger partial charge in [-0.25, -0.2) is 9.59 Å². The van der Waals surface area contributed by atoms with Crippen LogP contribution in [0, 0.1) is 10.1 Å². The van der Waals surface area contributed by atoms with E-state index >= 15 is 0 Å². The second-order valence-corrected chi connectivity index (χ2v) is 7.92. The molecule has 2 aliphatic heterocycles. The van der Waals surface area contributed by atoms with Crippen LogP contribution in [0.1, 0.15) is 12.5 Å². The molecule has 1 saturated heterocycles. The van der Waals surface area contributed by atoms with E-state index in [-0.39, 0.29) is 35.7 Å². The molecule has 2 atom stereocenters. The molecule has 11 nitrogen and oxygen atoms in total. The van der Waals surface area contributed by atoms with Gasteiger partial charge < -0.3 is 15.2 Å². The van der Waals surface area contributed by atoms with Crippen LogP contribution in [0.3, 0.4) is 0 Å². The van der Waals surface area contributed by atoms with Crippen molar-refractivity contribution in [2.45, 2.75) is 24.8 Å². The number of β-lactam (4-membered cyclic amide) rings is 1. The number of esters is 1. The number of thioether (sulfide) groups is 1. The van der Waals surface area contributed by atoms with Gasteiger partial charge in [0, 0.05) is 24.0 Å². The summed E-state index contributed by atoms with van der Waals surface area (Å²) in [6.07, 6.45) is 2.34. The fourth-order valence-corrected chi connectivity index (χ4v) is 4.59. The van der Waals surface area contributed by atoms with E-state index in [1.54, 1.807) is 6.92 Å². The van der Waals surface area contributed by atoms with Crippen LogP contribution < -0.4 is 5.32 Å². The molecule has 2 amide bonds. The standard InChI is InChI=1S/C20H19N3O8S/c1-2-31-15(25)8-5-12-10-32-19-16(18(26)22(19)17(12)20(27)28)21-14(24)9-11-3-6-13(7-4-11)23(29)30/h3-8,16,19H,2,9-10H2,1H3,(H,21,24)(H,27,28)/t16?,19-/m0/s1. The summed E-state index contributed by atoms with van der Waals surface area (Å²) >= 11 is 1.26. The van der Waals surface area contributed by atoms with Crippen LogP contribution in [-0.2, 0) is 30.3 Å². The van der Waals surface area contributed by atoms with Gasteiger partial charge in [0.1, 0.15) is 17.1 Å². The highest BCUT2D eigenvalue weighted by molar-refractivity contribution is 8.00. The number of carboxylic acid groups (broad SMARTS) is 1. The zero-order valence-electron chi connectivity index (χ0n) is 16.8. The zero-order chi connectivity index (χ0) is 23.4. The van der Waals surface area contributed by atoms with Gasteiger partial charge in [-0.2, -0.15) is 0 Å². The molecule has 0 saturated carbocycles. The van der Waals surface area contributed by atoms with Gasteiger partial charge in [0.2, 0.25) is 5.91 Å². The van der Waals surface area contributed by atoms with Crippen molar-refractivity contribution in [3.05, 3.63) is 63.4 Å². The Balaban J connectivity index is 1.67. The molecule has 0 aliphatic carbocycles. The first-order valence-corrected chi connectivity index (χ1v) is 10.6. The number of carbonyl (C=O) groups excluding carboxylic acids is 3. The van der Waals surface area contributed by atoms with Crippen LogP contribution >= 0.6 is 11.8 Å². The highest BCUT2D eigenvalue weighted by Crippen LogP contribution is 2.40. The second kappa shape index (κ2) is 9.64. The summed E-state index contributed by atoms with van der Waals surface area (Å²) in [4.78, 5) is 59.5. The molecule has 2 N–H and O–H groups in total. The lowest BCUT2D eigenvalue weighted by Gasteiger charge is -2.49. The minimum atomic E-state index is -1.32. The van der Waals surface area contributed by atoms with Crippen molar-refractivity contribution < 1.29 is 33.9 Å². The number of allylic oxidation sites excluding steroid dienone is 1. The summed E-state index contributed by atoms with van der Waals surface area (Å²) in [5.41, 5.74) is 0.486. The molecule has 1 fully saturated rings. The van der Waals surface area contributed by atoms with Gasteiger partial charge in [-0.3, -0.25) is 24.6 Å². The molecule has 12 heteroatoms. The number of nitro groups is 1. The molecule has 0 spiro atoms. The Kier molecular flexibility index (Phi) is 6.93. The maximum atomic E-state index is 12.6. The monoisotopic (exact) mass is 461 g/mol. The first-order chi connectivity index (χ1) is 15.2. The molecule has 1 aromatic carbocycles. The van der Waals surface area contributed by atoms with Crippen LogP contribution in [0.2, 0.25) is 0 Å². The van der Waals surface area contributed by atoms with Crippen LogP contribution in [0.5, 0.6) is 0 Å². The first-order valence-electron chi connectivity index (χ1n) is 9.51. The van der Waals surface area contributed by atoms with Gasteiger partial charge in [0.05, 0.1) is 18.0 Å². The van der Waals surface area contributed by atoms with E-state index in [0.717, 1.165) is 11.0 Å². The number of hydrogen-bond donors (Lipinski definition) is 2. The third kappa shape index (κ3) is 4.80. The number of non-ortho nitro benzene ring substituents is 1.